The van der Waals surface area contributed by atoms with Crippen molar-refractivity contribution in [2.45, 2.75) is 0 Å². The Bertz CT molecular complexity index is 2380. The zero-order valence-electron chi connectivity index (χ0n) is 30.9. The molecule has 9 rings (SSSR count). The van der Waals surface area contributed by atoms with E-state index in [0.717, 1.165) is 50.6 Å². The Morgan fingerprint density at radius 2 is 0.559 bits per heavy atom. The molecule has 20 nitrogen and oxygen atoms in total. The SMILES string of the molecule is Cn1c(-c2ncccn2)nc2ccccc21.Cn1c(-c2ncccn2)nc2ccccc21.Cn1c(-c2ncccn2)nc2ccccc21.[Fe+2].[O-][Cl+3]([O-])([O-])[O-].[O-][Cl+3]([O-])([O-])[O-]. The summed E-state index contributed by atoms with van der Waals surface area (Å²) in [5.74, 6) is 4.34. The van der Waals surface area contributed by atoms with Crippen molar-refractivity contribution in [2.75, 3.05) is 0 Å². The molecule has 0 atom stereocenters. The molecule has 0 aliphatic rings. The maximum atomic E-state index is 8.49. The van der Waals surface area contributed by atoms with Gasteiger partial charge in [0, 0.05) is 58.3 Å². The summed E-state index contributed by atoms with van der Waals surface area (Å²) in [5.41, 5.74) is 6.16. The number of fused-ring (bicyclic) bond motifs is 3. The van der Waals surface area contributed by atoms with Crippen LogP contribution in [0.2, 0.25) is 0 Å². The molecule has 0 fully saturated rings. The summed E-state index contributed by atoms with van der Waals surface area (Å²) in [6.45, 7) is 0. The first-order valence-electron chi connectivity index (χ1n) is 16.4. The summed E-state index contributed by atoms with van der Waals surface area (Å²) < 4.78 is 74.0. The first-order valence-corrected chi connectivity index (χ1v) is 18.9. The number of imidazole rings is 3. The molecule has 0 N–H and O–H groups in total. The van der Waals surface area contributed by atoms with Crippen LogP contribution >= 0.6 is 0 Å². The predicted octanol–water partition coefficient (Wildman–Crippen LogP) is -3.42. The van der Waals surface area contributed by atoms with E-state index in [0.29, 0.717) is 17.5 Å². The molecule has 0 amide bonds. The Hall–Kier alpha value is -5.91. The van der Waals surface area contributed by atoms with Gasteiger partial charge >= 0.3 is 17.1 Å². The van der Waals surface area contributed by atoms with Crippen molar-refractivity contribution < 1.29 is 74.8 Å². The number of aryl methyl sites for hydroxylation is 3. The molecule has 6 aromatic heterocycles. The van der Waals surface area contributed by atoms with Crippen molar-refractivity contribution in [1.82, 2.24) is 58.6 Å². The molecule has 0 radical (unpaired) electrons. The molecule has 304 valence electrons. The van der Waals surface area contributed by atoms with Crippen molar-refractivity contribution in [2.24, 2.45) is 21.1 Å². The van der Waals surface area contributed by atoms with E-state index in [4.69, 9.17) is 37.3 Å². The van der Waals surface area contributed by atoms with Crippen LogP contribution in [0, 0.1) is 20.5 Å². The number of halogens is 2. The van der Waals surface area contributed by atoms with Crippen molar-refractivity contribution in [3.05, 3.63) is 128 Å². The molecule has 6 heterocycles. The Kier molecular flexibility index (Phi) is 16.0. The second kappa shape index (κ2) is 20.7. The van der Waals surface area contributed by atoms with E-state index in [2.05, 4.69) is 44.9 Å². The van der Waals surface area contributed by atoms with E-state index in [1.165, 1.54) is 0 Å². The Balaban J connectivity index is 0.000000174. The van der Waals surface area contributed by atoms with E-state index >= 15 is 0 Å². The van der Waals surface area contributed by atoms with E-state index in [-0.39, 0.29) is 17.1 Å². The van der Waals surface area contributed by atoms with Crippen molar-refractivity contribution in [3.63, 3.8) is 0 Å². The fraction of sp³-hybridized carbons (Fsp3) is 0.0833. The Morgan fingerprint density at radius 3 is 0.763 bits per heavy atom. The average molecular weight is 885 g/mol. The van der Waals surface area contributed by atoms with Gasteiger partial charge in [-0.15, -0.1) is 20.5 Å². The Morgan fingerprint density at radius 1 is 0.356 bits per heavy atom. The van der Waals surface area contributed by atoms with E-state index in [1.807, 2.05) is 108 Å². The molecule has 0 aliphatic carbocycles. The summed E-state index contributed by atoms with van der Waals surface area (Å²) in [5, 5.41) is 0. The zero-order valence-corrected chi connectivity index (χ0v) is 33.5. The van der Waals surface area contributed by atoms with Gasteiger partial charge < -0.3 is 13.7 Å². The van der Waals surface area contributed by atoms with Crippen LogP contribution < -0.4 is 37.3 Å². The van der Waals surface area contributed by atoms with Gasteiger partial charge in [-0.1, -0.05) is 36.4 Å². The quantitative estimate of drug-likeness (QED) is 0.156. The van der Waals surface area contributed by atoms with E-state index < -0.39 is 20.5 Å². The molecule has 0 spiro atoms. The molecule has 0 bridgehead atoms. The van der Waals surface area contributed by atoms with Gasteiger partial charge in [-0.25, -0.2) is 82.1 Å². The number of hydrogen-bond acceptors (Lipinski definition) is 17. The van der Waals surface area contributed by atoms with Crippen LogP contribution in [0.1, 0.15) is 0 Å². The molecule has 59 heavy (non-hydrogen) atoms. The third kappa shape index (κ3) is 13.3. The number of nitrogens with zero attached hydrogens (tertiary/aromatic N) is 12. The second-order valence-corrected chi connectivity index (χ2v) is 12.9. The standard InChI is InChI=1S/3C12H10N4.2ClHO4.Fe/c3*1-16-10-6-3-2-5-9(10)15-12(16)11-13-7-4-8-14-11;2*2-1(3,4)5;/h3*2-8H,1H3;2*(H,2,3,4,5);/q;;;;;+2/p-2. The predicted molar refractivity (Wildman–Crippen MR) is 185 cm³/mol. The maximum Gasteiger partial charge on any atom is 2.00 e. The van der Waals surface area contributed by atoms with Gasteiger partial charge in [0.05, 0.1) is 33.1 Å². The summed E-state index contributed by atoms with van der Waals surface area (Å²) in [6, 6.07) is 29.4. The summed E-state index contributed by atoms with van der Waals surface area (Å²) in [4.78, 5) is 38.8. The van der Waals surface area contributed by atoms with Gasteiger partial charge in [0.25, 0.3) is 0 Å². The average Bonchev–Trinajstić information content (AvgIpc) is 3.85. The monoisotopic (exact) mass is 884 g/mol. The summed E-state index contributed by atoms with van der Waals surface area (Å²) in [7, 11) is -3.97. The summed E-state index contributed by atoms with van der Waals surface area (Å²) in [6.07, 6.45) is 10.3. The van der Waals surface area contributed by atoms with Gasteiger partial charge in [0.2, 0.25) is 0 Å². The first-order chi connectivity index (χ1) is 27.6. The molecule has 3 aromatic carbocycles. The van der Waals surface area contributed by atoms with Crippen molar-refractivity contribution >= 4 is 33.1 Å². The molecule has 0 unspecified atom stereocenters. The van der Waals surface area contributed by atoms with Crippen LogP contribution in [0.4, 0.5) is 0 Å². The molecular formula is C36H30Cl2FeN12O8. The smallest absolute Gasteiger partial charge is 0.324 e. The first kappa shape index (κ1) is 45.8. The van der Waals surface area contributed by atoms with Crippen LogP contribution in [0.3, 0.4) is 0 Å². The number of hydrogen-bond donors (Lipinski definition) is 0. The van der Waals surface area contributed by atoms with E-state index in [1.54, 1.807) is 55.4 Å². The number of para-hydroxylation sites is 6. The molecular weight excluding hydrogens is 855 g/mol. The zero-order chi connectivity index (χ0) is 41.9. The normalized spacial score (nSPS) is 10.8. The van der Waals surface area contributed by atoms with Gasteiger partial charge in [0.1, 0.15) is 0 Å². The third-order valence-corrected chi connectivity index (χ3v) is 7.66. The van der Waals surface area contributed by atoms with Gasteiger partial charge in [-0.2, -0.15) is 0 Å². The van der Waals surface area contributed by atoms with Crippen LogP contribution in [0.15, 0.2) is 128 Å². The van der Waals surface area contributed by atoms with Crippen LogP contribution in [0.5, 0.6) is 0 Å². The van der Waals surface area contributed by atoms with Crippen molar-refractivity contribution in [3.8, 4) is 34.9 Å². The minimum Gasteiger partial charge on any atom is -0.324 e. The van der Waals surface area contributed by atoms with Crippen LogP contribution in [-0.4, -0.2) is 58.6 Å². The number of benzene rings is 3. The van der Waals surface area contributed by atoms with Gasteiger partial charge in [0.15, 0.2) is 34.9 Å². The minimum absolute atomic E-state index is 0. The Labute approximate surface area is 349 Å². The molecule has 0 aliphatic heterocycles. The largest absolute Gasteiger partial charge is 2.00 e. The van der Waals surface area contributed by atoms with Gasteiger partial charge in [-0.05, 0) is 54.6 Å². The molecule has 23 heteroatoms. The topological polar surface area (TPSA) is 315 Å². The third-order valence-electron chi connectivity index (χ3n) is 7.66. The fourth-order valence-corrected chi connectivity index (χ4v) is 5.28. The number of rotatable bonds is 3. The molecule has 9 aromatic rings. The summed E-state index contributed by atoms with van der Waals surface area (Å²) >= 11 is 0. The van der Waals surface area contributed by atoms with Crippen LogP contribution in [-0.2, 0) is 38.2 Å². The van der Waals surface area contributed by atoms with Crippen molar-refractivity contribution in [1.29, 1.82) is 0 Å². The fourth-order valence-electron chi connectivity index (χ4n) is 5.28. The second-order valence-electron chi connectivity index (χ2n) is 11.4. The molecule has 0 saturated carbocycles. The maximum absolute atomic E-state index is 8.49. The number of aromatic nitrogens is 12. The minimum atomic E-state index is -4.94. The molecule has 0 saturated heterocycles. The van der Waals surface area contributed by atoms with Gasteiger partial charge in [-0.3, -0.25) is 0 Å². The van der Waals surface area contributed by atoms with E-state index in [9.17, 15) is 0 Å². The van der Waals surface area contributed by atoms with Crippen LogP contribution in [0.25, 0.3) is 68.0 Å².